The molecule has 0 amide bonds. The van der Waals surface area contributed by atoms with Gasteiger partial charge in [0.1, 0.15) is 23.5 Å². The zero-order valence-electron chi connectivity index (χ0n) is 9.51. The average molecular weight is 247 g/mol. The average Bonchev–Trinajstić information content (AvgIpc) is 2.33. The van der Waals surface area contributed by atoms with Gasteiger partial charge in [0.15, 0.2) is 0 Å². The summed E-state index contributed by atoms with van der Waals surface area (Å²) in [5.41, 5.74) is 0.832. The highest BCUT2D eigenvalue weighted by Gasteiger charge is 2.12. The highest BCUT2D eigenvalue weighted by atomic mass is 19.1. The summed E-state index contributed by atoms with van der Waals surface area (Å²) in [4.78, 5) is 18.3. The van der Waals surface area contributed by atoms with Crippen LogP contribution < -0.4 is 5.32 Å². The predicted octanol–water partition coefficient (Wildman–Crippen LogP) is 2.37. The molecule has 0 saturated heterocycles. The molecule has 0 unspecified atom stereocenters. The zero-order valence-corrected chi connectivity index (χ0v) is 9.51. The number of hydrogen-bond acceptors (Lipinski definition) is 4. The lowest BCUT2D eigenvalue weighted by molar-refractivity contribution is 0.0697. The summed E-state index contributed by atoms with van der Waals surface area (Å²) in [5, 5.41) is 11.6. The van der Waals surface area contributed by atoms with E-state index in [0.717, 1.165) is 11.8 Å². The molecule has 0 atom stereocenters. The van der Waals surface area contributed by atoms with E-state index in [1.807, 2.05) is 0 Å². The molecular weight excluding hydrogens is 237 g/mol. The molecule has 0 aliphatic heterocycles. The lowest BCUT2D eigenvalue weighted by Gasteiger charge is -2.09. The normalized spacial score (nSPS) is 10.1. The number of nitrogens with zero attached hydrogens (tertiary/aromatic N) is 2. The van der Waals surface area contributed by atoms with E-state index in [9.17, 15) is 9.18 Å². The van der Waals surface area contributed by atoms with Gasteiger partial charge in [0, 0.05) is 6.20 Å². The Balaban J connectivity index is 2.37. The molecule has 0 aliphatic carbocycles. The Morgan fingerprint density at radius 2 is 2.22 bits per heavy atom. The number of rotatable bonds is 3. The molecular formula is C12H10FN3O2. The number of aryl methyl sites for hydroxylation is 1. The monoisotopic (exact) mass is 247 g/mol. The minimum Gasteiger partial charge on any atom is -0.477 e. The SMILES string of the molecule is Cc1ccc(Nc2ncncc2C(=O)O)c(F)c1. The highest BCUT2D eigenvalue weighted by Crippen LogP contribution is 2.21. The summed E-state index contributed by atoms with van der Waals surface area (Å²) in [7, 11) is 0. The van der Waals surface area contributed by atoms with Crippen LogP contribution in [0, 0.1) is 12.7 Å². The first kappa shape index (κ1) is 12.0. The molecule has 18 heavy (non-hydrogen) atoms. The number of carboxylic acid groups (broad SMARTS) is 1. The Kier molecular flexibility index (Phi) is 3.18. The smallest absolute Gasteiger partial charge is 0.341 e. The summed E-state index contributed by atoms with van der Waals surface area (Å²) in [6.07, 6.45) is 2.35. The van der Waals surface area contributed by atoms with Gasteiger partial charge in [0.2, 0.25) is 0 Å². The van der Waals surface area contributed by atoms with Crippen LogP contribution in [-0.2, 0) is 0 Å². The molecule has 0 fully saturated rings. The van der Waals surface area contributed by atoms with Crippen LogP contribution in [0.4, 0.5) is 15.9 Å². The van der Waals surface area contributed by atoms with Crippen LogP contribution in [0.1, 0.15) is 15.9 Å². The molecule has 0 aliphatic rings. The minimum atomic E-state index is -1.18. The summed E-state index contributed by atoms with van der Waals surface area (Å²) in [5.74, 6) is -1.59. The maximum Gasteiger partial charge on any atom is 0.341 e. The third kappa shape index (κ3) is 2.42. The largest absolute Gasteiger partial charge is 0.477 e. The number of halogens is 1. The van der Waals surface area contributed by atoms with Crippen molar-refractivity contribution in [3.8, 4) is 0 Å². The van der Waals surface area contributed by atoms with Gasteiger partial charge in [-0.25, -0.2) is 19.2 Å². The second-order valence-electron chi connectivity index (χ2n) is 3.70. The quantitative estimate of drug-likeness (QED) is 0.870. The topological polar surface area (TPSA) is 75.1 Å². The maximum atomic E-state index is 13.6. The number of carbonyl (C=O) groups is 1. The zero-order chi connectivity index (χ0) is 13.1. The maximum absolute atomic E-state index is 13.6. The first-order valence-corrected chi connectivity index (χ1v) is 5.14. The van der Waals surface area contributed by atoms with Gasteiger partial charge in [-0.3, -0.25) is 0 Å². The van der Waals surface area contributed by atoms with Crippen LogP contribution in [0.25, 0.3) is 0 Å². The Hall–Kier alpha value is -2.50. The van der Waals surface area contributed by atoms with Gasteiger partial charge in [-0.15, -0.1) is 0 Å². The molecule has 1 aromatic carbocycles. The highest BCUT2D eigenvalue weighted by molar-refractivity contribution is 5.93. The molecule has 0 spiro atoms. The van der Waals surface area contributed by atoms with Crippen molar-refractivity contribution in [2.45, 2.75) is 6.92 Å². The Labute approximate surface area is 102 Å². The number of hydrogen-bond donors (Lipinski definition) is 2. The predicted molar refractivity (Wildman–Crippen MR) is 63.4 cm³/mol. The summed E-state index contributed by atoms with van der Waals surface area (Å²) in [6, 6.07) is 4.59. The van der Waals surface area contributed by atoms with Crippen molar-refractivity contribution in [3.05, 3.63) is 47.7 Å². The number of aromatic carboxylic acids is 1. The number of nitrogens with one attached hydrogen (secondary N) is 1. The lowest BCUT2D eigenvalue weighted by atomic mass is 10.2. The molecule has 2 aromatic rings. The van der Waals surface area contributed by atoms with Crippen molar-refractivity contribution in [3.63, 3.8) is 0 Å². The molecule has 2 rings (SSSR count). The fourth-order valence-electron chi connectivity index (χ4n) is 1.43. The Morgan fingerprint density at radius 3 is 2.89 bits per heavy atom. The molecule has 6 heteroatoms. The van der Waals surface area contributed by atoms with Crippen LogP contribution >= 0.6 is 0 Å². The van der Waals surface area contributed by atoms with E-state index in [2.05, 4.69) is 15.3 Å². The molecule has 0 bridgehead atoms. The van der Waals surface area contributed by atoms with Gasteiger partial charge in [-0.1, -0.05) is 6.07 Å². The van der Waals surface area contributed by atoms with Crippen LogP contribution in [0.15, 0.2) is 30.7 Å². The number of aromatic nitrogens is 2. The molecule has 1 aromatic heterocycles. The third-order valence-corrected chi connectivity index (χ3v) is 2.32. The Bertz CT molecular complexity index is 602. The molecule has 0 radical (unpaired) electrons. The minimum absolute atomic E-state index is 0.0558. The van der Waals surface area contributed by atoms with Gasteiger partial charge in [0.25, 0.3) is 0 Å². The standard InChI is InChI=1S/C12H10FN3O2/c1-7-2-3-10(9(13)4-7)16-11-8(12(17)18)5-14-6-15-11/h2-6H,1H3,(H,17,18)(H,14,15,16). The van der Waals surface area contributed by atoms with Crippen molar-refractivity contribution in [2.24, 2.45) is 0 Å². The van der Waals surface area contributed by atoms with Crippen LogP contribution in [0.5, 0.6) is 0 Å². The van der Waals surface area contributed by atoms with E-state index < -0.39 is 11.8 Å². The number of benzene rings is 1. The van der Waals surface area contributed by atoms with Crippen LogP contribution in [0.2, 0.25) is 0 Å². The second kappa shape index (κ2) is 4.79. The van der Waals surface area contributed by atoms with E-state index in [1.54, 1.807) is 13.0 Å². The van der Waals surface area contributed by atoms with Gasteiger partial charge < -0.3 is 10.4 Å². The van der Waals surface area contributed by atoms with E-state index in [1.165, 1.54) is 18.5 Å². The number of anilines is 2. The van der Waals surface area contributed by atoms with Crippen molar-refractivity contribution in [1.82, 2.24) is 9.97 Å². The van der Waals surface area contributed by atoms with Gasteiger partial charge in [0.05, 0.1) is 5.69 Å². The van der Waals surface area contributed by atoms with Crippen LogP contribution in [0.3, 0.4) is 0 Å². The fraction of sp³-hybridized carbons (Fsp3) is 0.0833. The van der Waals surface area contributed by atoms with Crippen molar-refractivity contribution in [2.75, 3.05) is 5.32 Å². The van der Waals surface area contributed by atoms with E-state index in [4.69, 9.17) is 5.11 Å². The summed E-state index contributed by atoms with van der Waals surface area (Å²) < 4.78 is 13.6. The first-order chi connectivity index (χ1) is 8.58. The first-order valence-electron chi connectivity index (χ1n) is 5.14. The molecule has 0 saturated carbocycles. The molecule has 5 nitrogen and oxygen atoms in total. The molecule has 2 N–H and O–H groups in total. The molecule has 1 heterocycles. The summed E-state index contributed by atoms with van der Waals surface area (Å²) >= 11 is 0. The van der Waals surface area contributed by atoms with Gasteiger partial charge in [-0.2, -0.15) is 0 Å². The summed E-state index contributed by atoms with van der Waals surface area (Å²) in [6.45, 7) is 1.76. The second-order valence-corrected chi connectivity index (χ2v) is 3.70. The fourth-order valence-corrected chi connectivity index (χ4v) is 1.43. The third-order valence-electron chi connectivity index (χ3n) is 2.32. The van der Waals surface area contributed by atoms with Gasteiger partial charge in [-0.05, 0) is 24.6 Å². The van der Waals surface area contributed by atoms with E-state index in [0.29, 0.717) is 0 Å². The van der Waals surface area contributed by atoms with E-state index in [-0.39, 0.29) is 17.1 Å². The number of carboxylic acids is 1. The van der Waals surface area contributed by atoms with Crippen molar-refractivity contribution >= 4 is 17.5 Å². The Morgan fingerprint density at radius 1 is 1.44 bits per heavy atom. The van der Waals surface area contributed by atoms with E-state index >= 15 is 0 Å². The lowest BCUT2D eigenvalue weighted by Crippen LogP contribution is -2.06. The van der Waals surface area contributed by atoms with Crippen molar-refractivity contribution < 1.29 is 14.3 Å². The van der Waals surface area contributed by atoms with Crippen molar-refractivity contribution in [1.29, 1.82) is 0 Å². The molecule has 92 valence electrons. The van der Waals surface area contributed by atoms with Gasteiger partial charge >= 0.3 is 5.97 Å². The van der Waals surface area contributed by atoms with Crippen LogP contribution in [-0.4, -0.2) is 21.0 Å².